The fourth-order valence-corrected chi connectivity index (χ4v) is 3.64. The Morgan fingerprint density at radius 3 is 2.47 bits per heavy atom. The molecule has 0 aliphatic rings. The van der Waals surface area contributed by atoms with Crippen LogP contribution in [0.2, 0.25) is 5.02 Å². The average molecular weight is 444 g/mol. The summed E-state index contributed by atoms with van der Waals surface area (Å²) in [5, 5.41) is 3.64. The Balaban J connectivity index is 1.63. The highest BCUT2D eigenvalue weighted by Crippen LogP contribution is 2.21. The summed E-state index contributed by atoms with van der Waals surface area (Å²) in [4.78, 5) is 30.0. The van der Waals surface area contributed by atoms with E-state index in [1.165, 1.54) is 16.7 Å². The molecular weight excluding hydrogens is 422 g/mol. The van der Waals surface area contributed by atoms with Gasteiger partial charge in [0.05, 0.1) is 23.8 Å². The summed E-state index contributed by atoms with van der Waals surface area (Å²) in [6.07, 6.45) is 3.26. The van der Waals surface area contributed by atoms with Crippen LogP contribution in [0.15, 0.2) is 96.1 Å². The molecule has 0 spiro atoms. The molecule has 0 bridgehead atoms. The van der Waals surface area contributed by atoms with Gasteiger partial charge in [-0.1, -0.05) is 65.7 Å². The summed E-state index contributed by atoms with van der Waals surface area (Å²) in [5.41, 5.74) is 3.76. The van der Waals surface area contributed by atoms with Crippen molar-refractivity contribution in [2.45, 2.75) is 19.5 Å². The van der Waals surface area contributed by atoms with Crippen molar-refractivity contribution in [2.24, 2.45) is 0 Å². The van der Waals surface area contributed by atoms with Crippen molar-refractivity contribution in [1.29, 1.82) is 0 Å². The van der Waals surface area contributed by atoms with Crippen LogP contribution in [-0.2, 0) is 6.54 Å². The van der Waals surface area contributed by atoms with Crippen LogP contribution in [-0.4, -0.2) is 15.5 Å². The Bertz CT molecular complexity index is 1280. The summed E-state index contributed by atoms with van der Waals surface area (Å²) in [5.74, 6) is -0.297. The Hall–Kier alpha value is -3.70. The zero-order valence-corrected chi connectivity index (χ0v) is 18.3. The van der Waals surface area contributed by atoms with Crippen LogP contribution in [0.25, 0.3) is 0 Å². The van der Waals surface area contributed by atoms with Gasteiger partial charge in [0.25, 0.3) is 11.5 Å². The molecule has 0 radical (unpaired) electrons. The van der Waals surface area contributed by atoms with Gasteiger partial charge in [-0.25, -0.2) is 0 Å². The number of hydrogen-bond donors (Lipinski definition) is 1. The minimum Gasteiger partial charge on any atom is -0.339 e. The molecule has 4 aromatic rings. The van der Waals surface area contributed by atoms with Crippen LogP contribution in [0.3, 0.4) is 0 Å². The van der Waals surface area contributed by atoms with E-state index in [0.29, 0.717) is 10.6 Å². The fraction of sp³-hybridized carbons (Fsp3) is 0.115. The van der Waals surface area contributed by atoms with Gasteiger partial charge in [0.1, 0.15) is 0 Å². The molecule has 6 heteroatoms. The molecule has 1 atom stereocenters. The van der Waals surface area contributed by atoms with Crippen LogP contribution in [0.5, 0.6) is 0 Å². The van der Waals surface area contributed by atoms with E-state index in [0.717, 1.165) is 22.4 Å². The number of hydrogen-bond acceptors (Lipinski definition) is 3. The second kappa shape index (κ2) is 9.62. The van der Waals surface area contributed by atoms with E-state index in [1.807, 2.05) is 67.6 Å². The second-order valence-electron chi connectivity index (χ2n) is 7.55. The Morgan fingerprint density at radius 2 is 1.75 bits per heavy atom. The van der Waals surface area contributed by atoms with Gasteiger partial charge in [-0.15, -0.1) is 0 Å². The van der Waals surface area contributed by atoms with Crippen molar-refractivity contribution in [3.63, 3.8) is 0 Å². The lowest BCUT2D eigenvalue weighted by Gasteiger charge is -2.19. The van der Waals surface area contributed by atoms with Gasteiger partial charge in [-0.05, 0) is 42.3 Å². The van der Waals surface area contributed by atoms with E-state index < -0.39 is 6.04 Å². The van der Waals surface area contributed by atoms with E-state index >= 15 is 0 Å². The SMILES string of the molecule is Cc1ccc(C(NC(=O)c2ccc(=O)n(Cc3ccccc3Cl)c2)c2ccccn2)cc1. The highest BCUT2D eigenvalue weighted by Gasteiger charge is 2.19. The minimum atomic E-state index is -0.423. The second-order valence-corrected chi connectivity index (χ2v) is 7.95. The standard InChI is InChI=1S/C26H22ClN3O2/c1-18-9-11-19(12-10-18)25(23-8-4-5-15-28-23)29-26(32)21-13-14-24(31)30(17-21)16-20-6-2-3-7-22(20)27/h2-15,17,25H,16H2,1H3,(H,29,32). The van der Waals surface area contributed by atoms with Crippen LogP contribution in [0.1, 0.15) is 38.8 Å². The van der Waals surface area contributed by atoms with Crippen molar-refractivity contribution in [1.82, 2.24) is 14.9 Å². The number of aryl methyl sites for hydroxylation is 1. The topological polar surface area (TPSA) is 64.0 Å². The molecule has 4 rings (SSSR count). The first kappa shape index (κ1) is 21.5. The summed E-state index contributed by atoms with van der Waals surface area (Å²) in [7, 11) is 0. The van der Waals surface area contributed by atoms with E-state index in [2.05, 4.69) is 10.3 Å². The van der Waals surface area contributed by atoms with Gasteiger partial charge >= 0.3 is 0 Å². The third kappa shape index (κ3) is 4.95. The van der Waals surface area contributed by atoms with Crippen LogP contribution < -0.4 is 10.9 Å². The lowest BCUT2D eigenvalue weighted by Crippen LogP contribution is -2.31. The molecule has 2 heterocycles. The van der Waals surface area contributed by atoms with Gasteiger partial charge < -0.3 is 9.88 Å². The van der Waals surface area contributed by atoms with Gasteiger partial charge in [0.2, 0.25) is 0 Å². The highest BCUT2D eigenvalue weighted by molar-refractivity contribution is 6.31. The fourth-order valence-electron chi connectivity index (χ4n) is 3.45. The molecule has 1 N–H and O–H groups in total. The number of pyridine rings is 2. The molecule has 160 valence electrons. The molecule has 0 fully saturated rings. The van der Waals surface area contributed by atoms with Gasteiger partial charge in [-0.3, -0.25) is 14.6 Å². The maximum Gasteiger partial charge on any atom is 0.253 e. The molecule has 1 unspecified atom stereocenters. The van der Waals surface area contributed by atoms with Crippen LogP contribution in [0.4, 0.5) is 0 Å². The maximum absolute atomic E-state index is 13.2. The summed E-state index contributed by atoms with van der Waals surface area (Å²) < 4.78 is 1.48. The highest BCUT2D eigenvalue weighted by atomic mass is 35.5. The first-order valence-corrected chi connectivity index (χ1v) is 10.6. The molecule has 0 aliphatic heterocycles. The van der Waals surface area contributed by atoms with Crippen molar-refractivity contribution in [2.75, 3.05) is 0 Å². The lowest BCUT2D eigenvalue weighted by molar-refractivity contribution is 0.0941. The monoisotopic (exact) mass is 443 g/mol. The van der Waals surface area contributed by atoms with Crippen molar-refractivity contribution in [3.8, 4) is 0 Å². The molecule has 32 heavy (non-hydrogen) atoms. The van der Waals surface area contributed by atoms with Crippen molar-refractivity contribution < 1.29 is 4.79 Å². The van der Waals surface area contributed by atoms with Crippen molar-refractivity contribution >= 4 is 17.5 Å². The Kier molecular flexibility index (Phi) is 6.47. The quantitative estimate of drug-likeness (QED) is 0.466. The van der Waals surface area contributed by atoms with E-state index in [9.17, 15) is 9.59 Å². The zero-order chi connectivity index (χ0) is 22.5. The van der Waals surface area contributed by atoms with Gasteiger partial charge in [0, 0.05) is 23.5 Å². The number of nitrogens with zero attached hydrogens (tertiary/aromatic N) is 2. The maximum atomic E-state index is 13.2. The lowest BCUT2D eigenvalue weighted by atomic mass is 10.0. The predicted molar refractivity (Wildman–Crippen MR) is 126 cm³/mol. The number of halogens is 1. The van der Waals surface area contributed by atoms with Gasteiger partial charge in [-0.2, -0.15) is 0 Å². The number of carbonyl (C=O) groups excluding carboxylic acids is 1. The summed E-state index contributed by atoms with van der Waals surface area (Å²) in [6, 6.07) is 23.4. The summed E-state index contributed by atoms with van der Waals surface area (Å²) in [6.45, 7) is 2.29. The number of benzene rings is 2. The molecule has 0 saturated carbocycles. The van der Waals surface area contributed by atoms with Gasteiger partial charge in [0.15, 0.2) is 0 Å². The molecule has 2 aromatic carbocycles. The average Bonchev–Trinajstić information content (AvgIpc) is 2.81. The Morgan fingerprint density at radius 1 is 1.00 bits per heavy atom. The number of amides is 1. The third-order valence-electron chi connectivity index (χ3n) is 5.21. The molecule has 0 aliphatic carbocycles. The normalized spacial score (nSPS) is 11.7. The molecule has 5 nitrogen and oxygen atoms in total. The minimum absolute atomic E-state index is 0.207. The number of carbonyl (C=O) groups is 1. The van der Waals surface area contributed by atoms with Crippen LogP contribution in [0, 0.1) is 6.92 Å². The zero-order valence-electron chi connectivity index (χ0n) is 17.5. The Labute approximate surface area is 191 Å². The summed E-state index contributed by atoms with van der Waals surface area (Å²) >= 11 is 6.24. The smallest absolute Gasteiger partial charge is 0.253 e. The molecule has 1 amide bonds. The largest absolute Gasteiger partial charge is 0.339 e. The van der Waals surface area contributed by atoms with Crippen LogP contribution >= 0.6 is 11.6 Å². The molecule has 0 saturated heterocycles. The van der Waals surface area contributed by atoms with E-state index in [1.54, 1.807) is 18.5 Å². The number of nitrogens with one attached hydrogen (secondary N) is 1. The third-order valence-corrected chi connectivity index (χ3v) is 5.58. The molecule has 2 aromatic heterocycles. The number of rotatable bonds is 6. The van der Waals surface area contributed by atoms with E-state index in [-0.39, 0.29) is 18.0 Å². The first-order chi connectivity index (χ1) is 15.5. The first-order valence-electron chi connectivity index (χ1n) is 10.2. The molecular formula is C26H22ClN3O2. The van der Waals surface area contributed by atoms with E-state index in [4.69, 9.17) is 11.6 Å². The number of aromatic nitrogens is 2. The predicted octanol–water partition coefficient (Wildman–Crippen LogP) is 4.77. The van der Waals surface area contributed by atoms with Crippen molar-refractivity contribution in [3.05, 3.63) is 135 Å².